The van der Waals surface area contributed by atoms with Crippen LogP contribution in [0.1, 0.15) is 47.4 Å². The SMILES string of the molecule is CC(=O)c1ccc(NC(=O)[C@H](C)OC(=O)c2ccccc2N2CCCC2=O)cc1. The van der Waals surface area contributed by atoms with Gasteiger partial charge in [0.1, 0.15) is 0 Å². The van der Waals surface area contributed by atoms with Gasteiger partial charge in [0.15, 0.2) is 11.9 Å². The number of anilines is 2. The molecule has 1 atom stereocenters. The van der Waals surface area contributed by atoms with E-state index in [9.17, 15) is 19.2 Å². The lowest BCUT2D eigenvalue weighted by Crippen LogP contribution is -2.31. The van der Waals surface area contributed by atoms with Crippen LogP contribution in [0, 0.1) is 0 Å². The molecule has 0 saturated carbocycles. The van der Waals surface area contributed by atoms with Gasteiger partial charge in [0.05, 0.1) is 11.3 Å². The first kappa shape index (κ1) is 20.3. The minimum absolute atomic E-state index is 0.0370. The number of hydrogen-bond acceptors (Lipinski definition) is 5. The number of carbonyl (C=O) groups is 4. The molecule has 0 unspecified atom stereocenters. The summed E-state index contributed by atoms with van der Waals surface area (Å²) < 4.78 is 5.32. The van der Waals surface area contributed by atoms with Crippen LogP contribution in [-0.4, -0.2) is 36.2 Å². The summed E-state index contributed by atoms with van der Waals surface area (Å²) in [5, 5.41) is 2.65. The van der Waals surface area contributed by atoms with E-state index >= 15 is 0 Å². The Morgan fingerprint density at radius 2 is 1.76 bits per heavy atom. The molecule has 0 radical (unpaired) electrons. The molecule has 1 fully saturated rings. The van der Waals surface area contributed by atoms with E-state index in [1.165, 1.54) is 13.8 Å². The smallest absolute Gasteiger partial charge is 0.341 e. The number of amides is 2. The Kier molecular flexibility index (Phi) is 6.07. The van der Waals surface area contributed by atoms with Crippen molar-refractivity contribution in [3.05, 3.63) is 59.7 Å². The molecule has 2 amide bonds. The lowest BCUT2D eigenvalue weighted by atomic mass is 10.1. The fourth-order valence-electron chi connectivity index (χ4n) is 3.09. The third-order valence-electron chi connectivity index (χ3n) is 4.70. The van der Waals surface area contributed by atoms with Crippen LogP contribution >= 0.6 is 0 Å². The Balaban J connectivity index is 1.67. The maximum absolute atomic E-state index is 12.6. The number of esters is 1. The predicted octanol–water partition coefficient (Wildman–Crippen LogP) is 3.20. The van der Waals surface area contributed by atoms with E-state index in [4.69, 9.17) is 4.74 Å². The second-order valence-electron chi connectivity index (χ2n) is 6.84. The minimum atomic E-state index is -1.04. The fourth-order valence-corrected chi connectivity index (χ4v) is 3.09. The van der Waals surface area contributed by atoms with Crippen LogP contribution in [-0.2, 0) is 14.3 Å². The highest BCUT2D eigenvalue weighted by Crippen LogP contribution is 2.26. The average Bonchev–Trinajstić information content (AvgIpc) is 3.14. The number of hydrogen-bond donors (Lipinski definition) is 1. The summed E-state index contributed by atoms with van der Waals surface area (Å²) in [5.41, 5.74) is 1.77. The van der Waals surface area contributed by atoms with E-state index in [0.29, 0.717) is 29.9 Å². The second kappa shape index (κ2) is 8.68. The molecule has 1 heterocycles. The van der Waals surface area contributed by atoms with Crippen molar-refractivity contribution in [1.82, 2.24) is 0 Å². The van der Waals surface area contributed by atoms with Gasteiger partial charge in [0.25, 0.3) is 5.91 Å². The van der Waals surface area contributed by atoms with Crippen LogP contribution in [0.3, 0.4) is 0 Å². The van der Waals surface area contributed by atoms with Crippen molar-refractivity contribution in [2.75, 3.05) is 16.8 Å². The van der Waals surface area contributed by atoms with Crippen molar-refractivity contribution in [3.8, 4) is 0 Å². The van der Waals surface area contributed by atoms with Gasteiger partial charge in [-0.1, -0.05) is 12.1 Å². The Hall–Kier alpha value is -3.48. The Bertz CT molecular complexity index is 952. The van der Waals surface area contributed by atoms with Crippen molar-refractivity contribution < 1.29 is 23.9 Å². The number of para-hydroxylation sites is 1. The molecule has 1 saturated heterocycles. The number of rotatable bonds is 6. The fraction of sp³-hybridized carbons (Fsp3) is 0.273. The van der Waals surface area contributed by atoms with Gasteiger partial charge < -0.3 is 15.0 Å². The number of ether oxygens (including phenoxy) is 1. The van der Waals surface area contributed by atoms with Gasteiger partial charge in [-0.2, -0.15) is 0 Å². The predicted molar refractivity (Wildman–Crippen MR) is 108 cm³/mol. The molecule has 7 nitrogen and oxygen atoms in total. The molecule has 0 spiro atoms. The third-order valence-corrected chi connectivity index (χ3v) is 4.70. The largest absolute Gasteiger partial charge is 0.449 e. The molecule has 1 aliphatic rings. The van der Waals surface area contributed by atoms with Gasteiger partial charge in [-0.3, -0.25) is 14.4 Å². The van der Waals surface area contributed by atoms with Crippen LogP contribution in [0.2, 0.25) is 0 Å². The monoisotopic (exact) mass is 394 g/mol. The summed E-state index contributed by atoms with van der Waals surface area (Å²) in [5.74, 6) is -1.27. The highest BCUT2D eigenvalue weighted by Gasteiger charge is 2.27. The molecule has 0 aliphatic carbocycles. The van der Waals surface area contributed by atoms with Gasteiger partial charge in [-0.25, -0.2) is 4.79 Å². The quantitative estimate of drug-likeness (QED) is 0.600. The molecule has 0 bridgehead atoms. The molecule has 0 aromatic heterocycles. The number of Topliss-reactive ketones (excluding diaryl/α,β-unsaturated/α-hetero) is 1. The lowest BCUT2D eigenvalue weighted by Gasteiger charge is -2.20. The Morgan fingerprint density at radius 1 is 1.07 bits per heavy atom. The van der Waals surface area contributed by atoms with Gasteiger partial charge in [0, 0.05) is 24.2 Å². The van der Waals surface area contributed by atoms with Gasteiger partial charge >= 0.3 is 5.97 Å². The van der Waals surface area contributed by atoms with Crippen molar-refractivity contribution in [1.29, 1.82) is 0 Å². The van der Waals surface area contributed by atoms with Crippen LogP contribution < -0.4 is 10.2 Å². The zero-order valence-corrected chi connectivity index (χ0v) is 16.3. The molecule has 1 aliphatic heterocycles. The van der Waals surface area contributed by atoms with Crippen LogP contribution in [0.4, 0.5) is 11.4 Å². The van der Waals surface area contributed by atoms with Crippen molar-refractivity contribution in [2.45, 2.75) is 32.8 Å². The molecule has 2 aromatic carbocycles. The molecule has 7 heteroatoms. The highest BCUT2D eigenvalue weighted by atomic mass is 16.5. The summed E-state index contributed by atoms with van der Waals surface area (Å²) in [6.07, 6.45) is 0.144. The van der Waals surface area contributed by atoms with Crippen molar-refractivity contribution >= 4 is 34.9 Å². The number of nitrogens with one attached hydrogen (secondary N) is 1. The first-order valence-electron chi connectivity index (χ1n) is 9.39. The minimum Gasteiger partial charge on any atom is -0.449 e. The number of ketones is 1. The summed E-state index contributed by atoms with van der Waals surface area (Å²) in [7, 11) is 0. The molecular formula is C22H22N2O5. The first-order chi connectivity index (χ1) is 13.9. The van der Waals surface area contributed by atoms with Crippen LogP contribution in [0.5, 0.6) is 0 Å². The van der Waals surface area contributed by atoms with Crippen molar-refractivity contribution in [3.63, 3.8) is 0 Å². The van der Waals surface area contributed by atoms with E-state index in [2.05, 4.69) is 5.32 Å². The first-order valence-corrected chi connectivity index (χ1v) is 9.39. The van der Waals surface area contributed by atoms with E-state index in [0.717, 1.165) is 6.42 Å². The van der Waals surface area contributed by atoms with Crippen LogP contribution in [0.25, 0.3) is 0 Å². The third kappa shape index (κ3) is 4.68. The van der Waals surface area contributed by atoms with E-state index in [-0.39, 0.29) is 17.3 Å². The Morgan fingerprint density at radius 3 is 2.38 bits per heavy atom. The van der Waals surface area contributed by atoms with E-state index in [1.54, 1.807) is 53.4 Å². The lowest BCUT2D eigenvalue weighted by molar-refractivity contribution is -0.123. The second-order valence-corrected chi connectivity index (χ2v) is 6.84. The zero-order chi connectivity index (χ0) is 21.0. The highest BCUT2D eigenvalue weighted by molar-refractivity contribution is 6.04. The number of carbonyl (C=O) groups excluding carboxylic acids is 4. The van der Waals surface area contributed by atoms with Gasteiger partial charge in [-0.05, 0) is 56.7 Å². The standard InChI is InChI=1S/C22H22N2O5/c1-14(25)16-9-11-17(12-10-16)23-21(27)15(2)29-22(28)18-6-3-4-7-19(18)24-13-5-8-20(24)26/h3-4,6-7,9-12,15H,5,8,13H2,1-2H3,(H,23,27)/t15-/m0/s1. The summed E-state index contributed by atoms with van der Waals surface area (Å²) in [6.45, 7) is 3.49. The molecule has 1 N–H and O–H groups in total. The molecule has 3 rings (SSSR count). The summed E-state index contributed by atoms with van der Waals surface area (Å²) >= 11 is 0. The molecule has 150 valence electrons. The topological polar surface area (TPSA) is 92.8 Å². The van der Waals surface area contributed by atoms with Gasteiger partial charge in [0.2, 0.25) is 5.91 Å². The van der Waals surface area contributed by atoms with Crippen LogP contribution in [0.15, 0.2) is 48.5 Å². The maximum Gasteiger partial charge on any atom is 0.341 e. The maximum atomic E-state index is 12.6. The summed E-state index contributed by atoms with van der Waals surface area (Å²) in [6, 6.07) is 13.1. The van der Waals surface area contributed by atoms with E-state index in [1.807, 2.05) is 0 Å². The molecule has 29 heavy (non-hydrogen) atoms. The molecular weight excluding hydrogens is 372 g/mol. The molecule has 2 aromatic rings. The van der Waals surface area contributed by atoms with Gasteiger partial charge in [-0.15, -0.1) is 0 Å². The Labute approximate surface area is 168 Å². The van der Waals surface area contributed by atoms with Crippen molar-refractivity contribution in [2.24, 2.45) is 0 Å². The zero-order valence-electron chi connectivity index (χ0n) is 16.3. The number of nitrogens with zero attached hydrogens (tertiary/aromatic N) is 1. The average molecular weight is 394 g/mol. The summed E-state index contributed by atoms with van der Waals surface area (Å²) in [4.78, 5) is 49.9. The van der Waals surface area contributed by atoms with E-state index < -0.39 is 18.0 Å². The normalized spacial score (nSPS) is 14.4. The number of benzene rings is 2.